The molecular formula is C19H23N7O. The Morgan fingerprint density at radius 2 is 1.78 bits per heavy atom. The first-order chi connectivity index (χ1) is 13.2. The molecule has 2 aromatic heterocycles. The van der Waals surface area contributed by atoms with Crippen LogP contribution in [-0.4, -0.2) is 69.7 Å². The minimum Gasteiger partial charge on any atom is -0.464 e. The molecule has 1 aliphatic rings. The van der Waals surface area contributed by atoms with Gasteiger partial charge in [0, 0.05) is 55.7 Å². The lowest BCUT2D eigenvalue weighted by atomic mass is 10.1. The van der Waals surface area contributed by atoms with Gasteiger partial charge in [-0.25, -0.2) is 24.9 Å². The van der Waals surface area contributed by atoms with Gasteiger partial charge in [-0.2, -0.15) is 0 Å². The van der Waals surface area contributed by atoms with Crippen molar-refractivity contribution in [3.05, 3.63) is 36.8 Å². The number of hydrazine groups is 1. The lowest BCUT2D eigenvalue weighted by Crippen LogP contribution is -2.47. The van der Waals surface area contributed by atoms with E-state index >= 15 is 0 Å². The molecule has 0 spiro atoms. The molecule has 1 aromatic carbocycles. The molecule has 27 heavy (non-hydrogen) atoms. The number of fused-ring (bicyclic) bond motifs is 1. The van der Waals surface area contributed by atoms with Gasteiger partial charge in [0.05, 0.1) is 12.1 Å². The van der Waals surface area contributed by atoms with E-state index in [1.807, 2.05) is 31.3 Å². The molecule has 1 fully saturated rings. The van der Waals surface area contributed by atoms with Crippen molar-refractivity contribution in [2.24, 2.45) is 0 Å². The van der Waals surface area contributed by atoms with Gasteiger partial charge in [-0.3, -0.25) is 5.43 Å². The highest BCUT2D eigenvalue weighted by Crippen LogP contribution is 2.23. The van der Waals surface area contributed by atoms with Crippen LogP contribution in [0.15, 0.2) is 36.8 Å². The van der Waals surface area contributed by atoms with Gasteiger partial charge < -0.3 is 9.64 Å². The van der Waals surface area contributed by atoms with E-state index < -0.39 is 0 Å². The predicted molar refractivity (Wildman–Crippen MR) is 104 cm³/mol. The summed E-state index contributed by atoms with van der Waals surface area (Å²) in [5.41, 5.74) is 6.16. The summed E-state index contributed by atoms with van der Waals surface area (Å²) in [5, 5.41) is 3.14. The maximum atomic E-state index is 5.29. The van der Waals surface area contributed by atoms with Gasteiger partial charge in [-0.1, -0.05) is 6.07 Å². The predicted octanol–water partition coefficient (Wildman–Crippen LogP) is 2.06. The van der Waals surface area contributed by atoms with E-state index in [-0.39, 0.29) is 0 Å². The number of benzene rings is 1. The zero-order valence-corrected chi connectivity index (χ0v) is 15.6. The molecule has 1 aliphatic heterocycles. The van der Waals surface area contributed by atoms with E-state index in [0.29, 0.717) is 18.6 Å². The van der Waals surface area contributed by atoms with Gasteiger partial charge >= 0.3 is 6.01 Å². The van der Waals surface area contributed by atoms with Gasteiger partial charge in [0.1, 0.15) is 0 Å². The molecule has 4 rings (SSSR count). The second kappa shape index (κ2) is 7.81. The summed E-state index contributed by atoms with van der Waals surface area (Å²) in [4.78, 5) is 19.9. The van der Waals surface area contributed by atoms with E-state index in [4.69, 9.17) is 4.74 Å². The Bertz CT molecular complexity index is 908. The number of aromatic nitrogens is 4. The number of nitrogens with zero attached hydrogens (tertiary/aromatic N) is 6. The zero-order valence-electron chi connectivity index (χ0n) is 15.6. The summed E-state index contributed by atoms with van der Waals surface area (Å²) in [7, 11) is 2.14. The quantitative estimate of drug-likeness (QED) is 0.736. The monoisotopic (exact) mass is 365 g/mol. The average molecular weight is 365 g/mol. The summed E-state index contributed by atoms with van der Waals surface area (Å²) in [6, 6.07) is 6.46. The Labute approximate surface area is 158 Å². The summed E-state index contributed by atoms with van der Waals surface area (Å²) >= 11 is 0. The average Bonchev–Trinajstić information content (AvgIpc) is 2.70. The molecular weight excluding hydrogens is 342 g/mol. The van der Waals surface area contributed by atoms with Crippen LogP contribution in [0.25, 0.3) is 22.0 Å². The summed E-state index contributed by atoms with van der Waals surface area (Å²) < 4.78 is 5.29. The minimum atomic E-state index is 0.394. The van der Waals surface area contributed by atoms with Crippen molar-refractivity contribution >= 4 is 16.9 Å². The van der Waals surface area contributed by atoms with Crippen molar-refractivity contribution < 1.29 is 4.74 Å². The molecule has 3 heterocycles. The maximum Gasteiger partial charge on any atom is 0.316 e. The van der Waals surface area contributed by atoms with Gasteiger partial charge in [0.15, 0.2) is 0 Å². The first-order valence-electron chi connectivity index (χ1n) is 9.13. The number of anilines is 1. The lowest BCUT2D eigenvalue weighted by molar-refractivity contribution is 0.178. The fourth-order valence-electron chi connectivity index (χ4n) is 3.00. The number of hydrogen-bond donors (Lipinski definition) is 1. The number of likely N-dealkylation sites (N-methyl/N-ethyl adjacent to an activating group) is 1. The highest BCUT2D eigenvalue weighted by molar-refractivity contribution is 5.84. The molecule has 8 heteroatoms. The van der Waals surface area contributed by atoms with E-state index in [1.54, 1.807) is 12.4 Å². The highest BCUT2D eigenvalue weighted by Gasteiger charge is 2.14. The van der Waals surface area contributed by atoms with Crippen LogP contribution in [0.5, 0.6) is 6.01 Å². The number of hydrogen-bond acceptors (Lipinski definition) is 8. The molecule has 3 aromatic rings. The van der Waals surface area contributed by atoms with E-state index in [1.165, 1.54) is 0 Å². The second-order valence-electron chi connectivity index (χ2n) is 6.56. The van der Waals surface area contributed by atoms with Crippen LogP contribution in [0.1, 0.15) is 6.92 Å². The van der Waals surface area contributed by atoms with Gasteiger partial charge in [-0.05, 0) is 31.7 Å². The molecule has 0 atom stereocenters. The number of rotatable bonds is 5. The number of nitrogens with one attached hydrogen (secondary N) is 1. The van der Waals surface area contributed by atoms with Gasteiger partial charge in [0.25, 0.3) is 0 Å². The summed E-state index contributed by atoms with van der Waals surface area (Å²) in [6.45, 7) is 6.44. The molecule has 0 aliphatic carbocycles. The SMILES string of the molecule is CCOc1ncc(-c2ccc3nc(NN4CCN(C)CC4)ncc3c2)cn1. The number of ether oxygens (including phenoxy) is 1. The standard InChI is InChI=1S/C19H23N7O/c1-3-27-19-21-12-16(13-22-19)14-4-5-17-15(10-14)11-20-18(23-17)24-26-8-6-25(2)7-9-26/h4-5,10-13H,3,6-9H2,1-2H3,(H,20,23,24). The normalized spacial score (nSPS) is 15.8. The Morgan fingerprint density at radius 1 is 1.00 bits per heavy atom. The highest BCUT2D eigenvalue weighted by atomic mass is 16.5. The molecule has 0 radical (unpaired) electrons. The van der Waals surface area contributed by atoms with Gasteiger partial charge in [-0.15, -0.1) is 0 Å². The Kier molecular flexibility index (Phi) is 5.08. The Balaban J connectivity index is 1.51. The van der Waals surface area contributed by atoms with Crippen molar-refractivity contribution in [1.29, 1.82) is 0 Å². The van der Waals surface area contributed by atoms with Crippen LogP contribution < -0.4 is 10.2 Å². The molecule has 0 saturated carbocycles. The van der Waals surface area contributed by atoms with Crippen LogP contribution in [0.4, 0.5) is 5.95 Å². The van der Waals surface area contributed by atoms with Crippen LogP contribution in [-0.2, 0) is 0 Å². The van der Waals surface area contributed by atoms with Crippen molar-refractivity contribution in [3.8, 4) is 17.1 Å². The molecule has 0 unspecified atom stereocenters. The van der Waals surface area contributed by atoms with Crippen molar-refractivity contribution in [3.63, 3.8) is 0 Å². The largest absolute Gasteiger partial charge is 0.464 e. The molecule has 0 amide bonds. The third-order valence-electron chi connectivity index (χ3n) is 4.58. The molecule has 140 valence electrons. The number of piperazine rings is 1. The first kappa shape index (κ1) is 17.6. The van der Waals surface area contributed by atoms with Crippen LogP contribution in [0, 0.1) is 0 Å². The lowest BCUT2D eigenvalue weighted by Gasteiger charge is -2.32. The summed E-state index contributed by atoms with van der Waals surface area (Å²) in [5.74, 6) is 0.629. The molecule has 8 nitrogen and oxygen atoms in total. The van der Waals surface area contributed by atoms with E-state index in [2.05, 4.69) is 42.3 Å². The molecule has 1 N–H and O–H groups in total. The fourth-order valence-corrected chi connectivity index (χ4v) is 3.00. The molecule has 1 saturated heterocycles. The fraction of sp³-hybridized carbons (Fsp3) is 0.368. The third kappa shape index (κ3) is 4.12. The maximum absolute atomic E-state index is 5.29. The first-order valence-corrected chi connectivity index (χ1v) is 9.13. The van der Waals surface area contributed by atoms with Crippen LogP contribution >= 0.6 is 0 Å². The van der Waals surface area contributed by atoms with E-state index in [0.717, 1.165) is 48.2 Å². The van der Waals surface area contributed by atoms with Crippen molar-refractivity contribution in [1.82, 2.24) is 29.8 Å². The smallest absolute Gasteiger partial charge is 0.316 e. The second-order valence-corrected chi connectivity index (χ2v) is 6.56. The Morgan fingerprint density at radius 3 is 2.52 bits per heavy atom. The Hall–Kier alpha value is -2.84. The third-order valence-corrected chi connectivity index (χ3v) is 4.58. The van der Waals surface area contributed by atoms with Crippen LogP contribution in [0.2, 0.25) is 0 Å². The van der Waals surface area contributed by atoms with Gasteiger partial charge in [0.2, 0.25) is 5.95 Å². The van der Waals surface area contributed by atoms with Crippen LogP contribution in [0.3, 0.4) is 0 Å². The molecule has 0 bridgehead atoms. The van der Waals surface area contributed by atoms with E-state index in [9.17, 15) is 0 Å². The summed E-state index contributed by atoms with van der Waals surface area (Å²) in [6.07, 6.45) is 5.38. The topological polar surface area (TPSA) is 79.3 Å². The van der Waals surface area contributed by atoms with Crippen molar-refractivity contribution in [2.75, 3.05) is 45.3 Å². The zero-order chi connectivity index (χ0) is 18.6. The van der Waals surface area contributed by atoms with Crippen molar-refractivity contribution in [2.45, 2.75) is 6.92 Å². The minimum absolute atomic E-state index is 0.394.